The molecule has 2 aromatic heterocycles. The molecule has 1 aromatic carbocycles. The molecule has 0 radical (unpaired) electrons. The minimum atomic E-state index is -0.177. The molecular weight excluding hydrogens is 324 g/mol. The van der Waals surface area contributed by atoms with Crippen molar-refractivity contribution in [2.45, 2.75) is 6.54 Å². The molecule has 0 N–H and O–H groups in total. The van der Waals surface area contributed by atoms with Crippen molar-refractivity contribution >= 4 is 17.5 Å². The van der Waals surface area contributed by atoms with Gasteiger partial charge in [-0.2, -0.15) is 0 Å². The Balaban J connectivity index is 1.86. The molecule has 0 bridgehead atoms. The maximum absolute atomic E-state index is 12.7. The van der Waals surface area contributed by atoms with Gasteiger partial charge in [0, 0.05) is 31.2 Å². The summed E-state index contributed by atoms with van der Waals surface area (Å²) in [7, 11) is 1.71. The molecule has 3 aromatic rings. The molecule has 24 heavy (non-hydrogen) atoms. The van der Waals surface area contributed by atoms with E-state index >= 15 is 0 Å². The van der Waals surface area contributed by atoms with Crippen molar-refractivity contribution in [3.05, 3.63) is 77.5 Å². The molecule has 2 heterocycles. The van der Waals surface area contributed by atoms with Crippen LogP contribution < -0.4 is 0 Å². The molecule has 0 fully saturated rings. The molecule has 6 heteroatoms. The highest BCUT2D eigenvalue weighted by atomic mass is 35.5. The quantitative estimate of drug-likeness (QED) is 0.731. The summed E-state index contributed by atoms with van der Waals surface area (Å²) >= 11 is 6.23. The number of aromatic nitrogens is 3. The Morgan fingerprint density at radius 1 is 1.12 bits per heavy atom. The third-order valence-corrected chi connectivity index (χ3v) is 3.85. The fourth-order valence-corrected chi connectivity index (χ4v) is 2.51. The predicted molar refractivity (Wildman–Crippen MR) is 92.5 cm³/mol. The maximum Gasteiger partial charge on any atom is 0.255 e. The zero-order valence-electron chi connectivity index (χ0n) is 13.1. The number of carbonyl (C=O) groups excluding carboxylic acids is 1. The normalized spacial score (nSPS) is 10.4. The number of hydrogen-bond donors (Lipinski definition) is 0. The summed E-state index contributed by atoms with van der Waals surface area (Å²) in [5.41, 5.74) is 2.78. The van der Waals surface area contributed by atoms with E-state index in [9.17, 15) is 4.79 Å². The van der Waals surface area contributed by atoms with E-state index < -0.39 is 0 Å². The first-order valence-electron chi connectivity index (χ1n) is 7.36. The van der Waals surface area contributed by atoms with E-state index in [2.05, 4.69) is 15.0 Å². The Hall–Kier alpha value is -2.79. The fourth-order valence-electron chi connectivity index (χ4n) is 2.31. The molecule has 0 aliphatic carbocycles. The lowest BCUT2D eigenvalue weighted by Gasteiger charge is -2.18. The third-order valence-electron chi connectivity index (χ3n) is 3.52. The molecule has 0 saturated carbocycles. The van der Waals surface area contributed by atoms with Gasteiger partial charge in [-0.25, -0.2) is 0 Å². The standard InChI is InChI=1S/C18H15ClN4O/c1-23(12-14-11-20-8-9-21-14)18(24)15-10-13(5-6-16(15)19)17-4-2-3-7-22-17/h2-11H,12H2,1H3. The van der Waals surface area contributed by atoms with Gasteiger partial charge in [-0.1, -0.05) is 23.7 Å². The van der Waals surface area contributed by atoms with Crippen molar-refractivity contribution in [2.75, 3.05) is 7.05 Å². The second-order valence-corrected chi connectivity index (χ2v) is 5.67. The Morgan fingerprint density at radius 3 is 2.71 bits per heavy atom. The highest BCUT2D eigenvalue weighted by molar-refractivity contribution is 6.34. The summed E-state index contributed by atoms with van der Waals surface area (Å²) in [5.74, 6) is -0.177. The lowest BCUT2D eigenvalue weighted by atomic mass is 10.1. The first-order chi connectivity index (χ1) is 11.6. The predicted octanol–water partition coefficient (Wildman–Crippen LogP) is 3.46. The first kappa shape index (κ1) is 16.1. The number of carbonyl (C=O) groups is 1. The van der Waals surface area contributed by atoms with Crippen LogP contribution in [0.25, 0.3) is 11.3 Å². The van der Waals surface area contributed by atoms with Crippen LogP contribution in [0.4, 0.5) is 0 Å². The van der Waals surface area contributed by atoms with E-state index in [0.717, 1.165) is 11.3 Å². The Bertz CT molecular complexity index is 840. The van der Waals surface area contributed by atoms with E-state index in [4.69, 9.17) is 11.6 Å². The van der Waals surface area contributed by atoms with Gasteiger partial charge in [0.25, 0.3) is 5.91 Å². The lowest BCUT2D eigenvalue weighted by molar-refractivity contribution is 0.0783. The van der Waals surface area contributed by atoms with Gasteiger partial charge in [0.15, 0.2) is 0 Å². The molecule has 0 aliphatic heterocycles. The summed E-state index contributed by atoms with van der Waals surface area (Å²) in [6.45, 7) is 0.358. The number of hydrogen-bond acceptors (Lipinski definition) is 4. The highest BCUT2D eigenvalue weighted by Gasteiger charge is 2.17. The number of rotatable bonds is 4. The van der Waals surface area contributed by atoms with Gasteiger partial charge < -0.3 is 4.90 Å². The molecular formula is C18H15ClN4O. The summed E-state index contributed by atoms with van der Waals surface area (Å²) < 4.78 is 0. The smallest absolute Gasteiger partial charge is 0.255 e. The van der Waals surface area contributed by atoms with Crippen LogP contribution in [-0.4, -0.2) is 32.8 Å². The molecule has 0 unspecified atom stereocenters. The van der Waals surface area contributed by atoms with E-state index in [-0.39, 0.29) is 5.91 Å². The van der Waals surface area contributed by atoms with Gasteiger partial charge in [0.2, 0.25) is 0 Å². The van der Waals surface area contributed by atoms with Crippen molar-refractivity contribution in [1.82, 2.24) is 19.9 Å². The molecule has 0 atom stereocenters. The summed E-state index contributed by atoms with van der Waals surface area (Å²) in [6.07, 6.45) is 6.54. The molecule has 0 aliphatic rings. The van der Waals surface area contributed by atoms with Crippen LogP contribution in [0.2, 0.25) is 5.02 Å². The van der Waals surface area contributed by atoms with Crippen LogP contribution in [0, 0.1) is 0 Å². The fraction of sp³-hybridized carbons (Fsp3) is 0.111. The molecule has 120 valence electrons. The van der Waals surface area contributed by atoms with Crippen LogP contribution in [0.5, 0.6) is 0 Å². The van der Waals surface area contributed by atoms with Crippen molar-refractivity contribution < 1.29 is 4.79 Å². The van der Waals surface area contributed by atoms with Crippen LogP contribution in [0.1, 0.15) is 16.1 Å². The third kappa shape index (κ3) is 3.58. The van der Waals surface area contributed by atoms with Gasteiger partial charge in [0.1, 0.15) is 0 Å². The maximum atomic E-state index is 12.7. The van der Waals surface area contributed by atoms with E-state index in [0.29, 0.717) is 22.8 Å². The number of nitrogens with zero attached hydrogens (tertiary/aromatic N) is 4. The zero-order valence-corrected chi connectivity index (χ0v) is 13.8. The number of pyridine rings is 1. The summed E-state index contributed by atoms with van der Waals surface area (Å²) in [6, 6.07) is 11.0. The van der Waals surface area contributed by atoms with Crippen molar-refractivity contribution in [2.24, 2.45) is 0 Å². The SMILES string of the molecule is CN(Cc1cnccn1)C(=O)c1cc(-c2ccccn2)ccc1Cl. The van der Waals surface area contributed by atoms with Crippen molar-refractivity contribution in [3.8, 4) is 11.3 Å². The molecule has 5 nitrogen and oxygen atoms in total. The minimum absolute atomic E-state index is 0.177. The van der Waals surface area contributed by atoms with Crippen LogP contribution in [0.3, 0.4) is 0 Å². The van der Waals surface area contributed by atoms with Gasteiger partial charge in [-0.05, 0) is 24.3 Å². The monoisotopic (exact) mass is 338 g/mol. The van der Waals surface area contributed by atoms with Crippen LogP contribution in [-0.2, 0) is 6.54 Å². The van der Waals surface area contributed by atoms with Gasteiger partial charge in [-0.15, -0.1) is 0 Å². The summed E-state index contributed by atoms with van der Waals surface area (Å²) in [4.78, 5) is 26.8. The van der Waals surface area contributed by atoms with Crippen molar-refractivity contribution in [3.63, 3.8) is 0 Å². The molecule has 3 rings (SSSR count). The Labute approximate surface area is 145 Å². The van der Waals surface area contributed by atoms with E-state index in [1.54, 1.807) is 48.9 Å². The van der Waals surface area contributed by atoms with E-state index in [1.165, 1.54) is 0 Å². The average Bonchev–Trinajstić information content (AvgIpc) is 2.63. The minimum Gasteiger partial charge on any atom is -0.336 e. The van der Waals surface area contributed by atoms with E-state index in [1.807, 2.05) is 24.3 Å². The average molecular weight is 339 g/mol. The van der Waals surface area contributed by atoms with Gasteiger partial charge >= 0.3 is 0 Å². The number of halogens is 1. The molecule has 0 saturated heterocycles. The molecule has 0 spiro atoms. The van der Waals surface area contributed by atoms with Crippen LogP contribution in [0.15, 0.2) is 61.2 Å². The lowest BCUT2D eigenvalue weighted by Crippen LogP contribution is -2.27. The Kier molecular flexibility index (Phi) is 4.82. The van der Waals surface area contributed by atoms with Crippen LogP contribution >= 0.6 is 11.6 Å². The second kappa shape index (κ2) is 7.19. The van der Waals surface area contributed by atoms with Crippen molar-refractivity contribution in [1.29, 1.82) is 0 Å². The van der Waals surface area contributed by atoms with Gasteiger partial charge in [0.05, 0.1) is 34.7 Å². The topological polar surface area (TPSA) is 59.0 Å². The summed E-state index contributed by atoms with van der Waals surface area (Å²) in [5, 5.41) is 0.408. The number of benzene rings is 1. The highest BCUT2D eigenvalue weighted by Crippen LogP contribution is 2.25. The first-order valence-corrected chi connectivity index (χ1v) is 7.74. The number of amides is 1. The Morgan fingerprint density at radius 2 is 2.00 bits per heavy atom. The largest absolute Gasteiger partial charge is 0.336 e. The molecule has 1 amide bonds. The zero-order chi connectivity index (χ0) is 16.9. The second-order valence-electron chi connectivity index (χ2n) is 5.27. The van der Waals surface area contributed by atoms with Gasteiger partial charge in [-0.3, -0.25) is 19.7 Å².